The van der Waals surface area contributed by atoms with Gasteiger partial charge in [-0.2, -0.15) is 0 Å². The maximum absolute atomic E-state index is 11.7. The molecular formula is C9H13N3O. The molecule has 0 bridgehead atoms. The van der Waals surface area contributed by atoms with Gasteiger partial charge in [0.25, 0.3) is 0 Å². The van der Waals surface area contributed by atoms with Crippen molar-refractivity contribution in [1.29, 1.82) is 0 Å². The van der Waals surface area contributed by atoms with Crippen molar-refractivity contribution in [3.05, 3.63) is 24.0 Å². The predicted molar refractivity (Wildman–Crippen MR) is 48.7 cm³/mol. The Morgan fingerprint density at radius 1 is 1.69 bits per heavy atom. The van der Waals surface area contributed by atoms with Crippen molar-refractivity contribution in [3.8, 4) is 0 Å². The standard InChI is InChI=1S/C9H13N3O/c1-12(10)8(13)9(3-4-9)7-2-5-11-6-7/h2,5-6,11H,3-4,10H2,1H3. The molecule has 1 fully saturated rings. The van der Waals surface area contributed by atoms with Gasteiger partial charge in [0.15, 0.2) is 0 Å². The number of nitrogens with zero attached hydrogens (tertiary/aromatic N) is 1. The van der Waals surface area contributed by atoms with Gasteiger partial charge in [-0.25, -0.2) is 5.84 Å². The Hall–Kier alpha value is -1.29. The summed E-state index contributed by atoms with van der Waals surface area (Å²) in [6, 6.07) is 1.94. The van der Waals surface area contributed by atoms with E-state index in [9.17, 15) is 4.79 Å². The maximum atomic E-state index is 11.7. The molecule has 2 rings (SSSR count). The van der Waals surface area contributed by atoms with E-state index in [0.717, 1.165) is 18.4 Å². The summed E-state index contributed by atoms with van der Waals surface area (Å²) in [5.41, 5.74) is 0.735. The number of hydrogen-bond donors (Lipinski definition) is 2. The highest BCUT2D eigenvalue weighted by molar-refractivity contribution is 5.90. The molecule has 1 aliphatic carbocycles. The Balaban J connectivity index is 2.27. The fourth-order valence-corrected chi connectivity index (χ4v) is 1.71. The molecule has 1 heterocycles. The van der Waals surface area contributed by atoms with E-state index < -0.39 is 0 Å². The molecule has 0 unspecified atom stereocenters. The van der Waals surface area contributed by atoms with Gasteiger partial charge < -0.3 is 4.98 Å². The number of hydrogen-bond acceptors (Lipinski definition) is 2. The number of aromatic amines is 1. The van der Waals surface area contributed by atoms with Crippen LogP contribution in [0.2, 0.25) is 0 Å². The van der Waals surface area contributed by atoms with Gasteiger partial charge in [-0.15, -0.1) is 0 Å². The van der Waals surface area contributed by atoms with E-state index in [-0.39, 0.29) is 11.3 Å². The SMILES string of the molecule is CN(N)C(=O)C1(c2cc[nH]c2)CC1. The number of carbonyl (C=O) groups excluding carboxylic acids is 1. The molecule has 70 valence electrons. The molecule has 1 aromatic heterocycles. The Morgan fingerprint density at radius 2 is 2.38 bits per heavy atom. The minimum Gasteiger partial charge on any atom is -0.367 e. The molecule has 1 amide bonds. The predicted octanol–water partition coefficient (Wildman–Crippen LogP) is 0.378. The molecule has 1 aromatic rings. The number of likely N-dealkylation sites (N-methyl/N-ethyl adjacent to an activating group) is 1. The van der Waals surface area contributed by atoms with Crippen LogP contribution in [0.1, 0.15) is 18.4 Å². The number of aromatic nitrogens is 1. The normalized spacial score (nSPS) is 18.3. The van der Waals surface area contributed by atoms with Crippen LogP contribution in [0.5, 0.6) is 0 Å². The molecule has 0 spiro atoms. The van der Waals surface area contributed by atoms with Crippen molar-refractivity contribution in [2.75, 3.05) is 7.05 Å². The van der Waals surface area contributed by atoms with Gasteiger partial charge in [0.1, 0.15) is 0 Å². The van der Waals surface area contributed by atoms with E-state index in [2.05, 4.69) is 4.98 Å². The molecule has 0 atom stereocenters. The minimum absolute atomic E-state index is 0.00657. The monoisotopic (exact) mass is 179 g/mol. The van der Waals surface area contributed by atoms with Crippen LogP contribution in [0.4, 0.5) is 0 Å². The molecule has 0 aromatic carbocycles. The first kappa shape index (κ1) is 8.31. The summed E-state index contributed by atoms with van der Waals surface area (Å²) in [5.74, 6) is 5.45. The van der Waals surface area contributed by atoms with E-state index in [1.54, 1.807) is 7.05 Å². The second-order valence-corrected chi connectivity index (χ2v) is 3.60. The van der Waals surface area contributed by atoms with Crippen LogP contribution < -0.4 is 5.84 Å². The van der Waals surface area contributed by atoms with Gasteiger partial charge in [0, 0.05) is 19.4 Å². The summed E-state index contributed by atoms with van der Waals surface area (Å²) in [7, 11) is 1.59. The molecule has 1 aliphatic rings. The molecule has 0 saturated heterocycles. The van der Waals surface area contributed by atoms with E-state index in [4.69, 9.17) is 5.84 Å². The average Bonchev–Trinajstić information content (AvgIpc) is 2.72. The molecule has 0 radical (unpaired) electrons. The van der Waals surface area contributed by atoms with Crippen LogP contribution in [-0.4, -0.2) is 22.9 Å². The van der Waals surface area contributed by atoms with Crippen molar-refractivity contribution in [3.63, 3.8) is 0 Å². The lowest BCUT2D eigenvalue weighted by Gasteiger charge is -2.17. The van der Waals surface area contributed by atoms with Crippen LogP contribution in [0.3, 0.4) is 0 Å². The average molecular weight is 179 g/mol. The number of carbonyl (C=O) groups is 1. The lowest BCUT2D eigenvalue weighted by molar-refractivity contribution is -0.132. The zero-order valence-electron chi connectivity index (χ0n) is 7.58. The third-order valence-corrected chi connectivity index (χ3v) is 2.63. The number of nitrogens with one attached hydrogen (secondary N) is 1. The summed E-state index contributed by atoms with van der Waals surface area (Å²) in [6.07, 6.45) is 5.52. The first-order valence-electron chi connectivity index (χ1n) is 4.33. The highest BCUT2D eigenvalue weighted by Crippen LogP contribution is 2.48. The fourth-order valence-electron chi connectivity index (χ4n) is 1.71. The highest BCUT2D eigenvalue weighted by atomic mass is 16.2. The quantitative estimate of drug-likeness (QED) is 0.391. The fraction of sp³-hybridized carbons (Fsp3) is 0.444. The smallest absolute Gasteiger partial charge is 0.246 e. The van der Waals surface area contributed by atoms with Crippen molar-refractivity contribution in [1.82, 2.24) is 9.99 Å². The third-order valence-electron chi connectivity index (χ3n) is 2.63. The molecule has 0 aliphatic heterocycles. The first-order valence-corrected chi connectivity index (χ1v) is 4.33. The van der Waals surface area contributed by atoms with Crippen LogP contribution >= 0.6 is 0 Å². The zero-order chi connectivity index (χ0) is 9.47. The van der Waals surface area contributed by atoms with E-state index >= 15 is 0 Å². The van der Waals surface area contributed by atoms with Crippen LogP contribution in [0.15, 0.2) is 18.5 Å². The van der Waals surface area contributed by atoms with E-state index in [1.165, 1.54) is 5.01 Å². The van der Waals surface area contributed by atoms with Gasteiger partial charge in [0.05, 0.1) is 5.41 Å². The van der Waals surface area contributed by atoms with E-state index in [0.29, 0.717) is 0 Å². The zero-order valence-corrected chi connectivity index (χ0v) is 7.58. The Labute approximate surface area is 76.7 Å². The summed E-state index contributed by atoms with van der Waals surface area (Å²) in [4.78, 5) is 14.7. The van der Waals surface area contributed by atoms with Crippen molar-refractivity contribution in [2.24, 2.45) is 5.84 Å². The summed E-state index contributed by atoms with van der Waals surface area (Å²) in [6.45, 7) is 0. The lowest BCUT2D eigenvalue weighted by atomic mass is 9.98. The molecule has 4 nitrogen and oxygen atoms in total. The summed E-state index contributed by atoms with van der Waals surface area (Å²) < 4.78 is 0. The van der Waals surface area contributed by atoms with E-state index in [1.807, 2.05) is 18.5 Å². The van der Waals surface area contributed by atoms with Gasteiger partial charge in [-0.1, -0.05) is 0 Å². The topological polar surface area (TPSA) is 62.1 Å². The van der Waals surface area contributed by atoms with Crippen LogP contribution in [0, 0.1) is 0 Å². The second kappa shape index (κ2) is 2.60. The Kier molecular flexibility index (Phi) is 1.66. The van der Waals surface area contributed by atoms with Gasteiger partial charge in [-0.05, 0) is 24.5 Å². The number of H-pyrrole nitrogens is 1. The van der Waals surface area contributed by atoms with Crippen molar-refractivity contribution < 1.29 is 4.79 Å². The summed E-state index contributed by atoms with van der Waals surface area (Å²) in [5, 5.41) is 1.18. The minimum atomic E-state index is -0.316. The maximum Gasteiger partial charge on any atom is 0.246 e. The molecule has 1 saturated carbocycles. The molecule has 13 heavy (non-hydrogen) atoms. The molecule has 3 N–H and O–H groups in total. The number of hydrazine groups is 1. The largest absolute Gasteiger partial charge is 0.367 e. The number of amides is 1. The number of nitrogens with two attached hydrogens (primary N) is 1. The highest BCUT2D eigenvalue weighted by Gasteiger charge is 2.52. The van der Waals surface area contributed by atoms with Crippen LogP contribution in [0.25, 0.3) is 0 Å². The first-order chi connectivity index (χ1) is 6.17. The molecular weight excluding hydrogens is 166 g/mol. The van der Waals surface area contributed by atoms with Gasteiger partial charge >= 0.3 is 0 Å². The Morgan fingerprint density at radius 3 is 2.77 bits per heavy atom. The van der Waals surface area contributed by atoms with Crippen LogP contribution in [-0.2, 0) is 10.2 Å². The number of rotatable bonds is 2. The van der Waals surface area contributed by atoms with Crippen molar-refractivity contribution in [2.45, 2.75) is 18.3 Å². The van der Waals surface area contributed by atoms with Gasteiger partial charge in [0.2, 0.25) is 5.91 Å². The van der Waals surface area contributed by atoms with Gasteiger partial charge in [-0.3, -0.25) is 9.80 Å². The van der Waals surface area contributed by atoms with Crippen molar-refractivity contribution >= 4 is 5.91 Å². The summed E-state index contributed by atoms with van der Waals surface area (Å²) >= 11 is 0. The second-order valence-electron chi connectivity index (χ2n) is 3.60. The Bertz CT molecular complexity index is 312. The molecule has 4 heteroatoms. The lowest BCUT2D eigenvalue weighted by Crippen LogP contribution is -2.40. The third kappa shape index (κ3) is 1.14.